The molecule has 0 aromatic heterocycles. The van der Waals surface area contributed by atoms with Crippen molar-refractivity contribution < 1.29 is 4.79 Å². The fraction of sp³-hybridized carbons (Fsp3) is 0.769. The molecule has 0 radical (unpaired) electrons. The highest BCUT2D eigenvalue weighted by molar-refractivity contribution is 5.93. The van der Waals surface area contributed by atoms with Gasteiger partial charge in [0.15, 0.2) is 0 Å². The molecule has 1 rings (SSSR count). The van der Waals surface area contributed by atoms with Crippen LogP contribution in [0.2, 0.25) is 0 Å². The molecule has 0 saturated carbocycles. The third-order valence-electron chi connectivity index (χ3n) is 3.47. The molecule has 0 aliphatic carbocycles. The molecule has 1 fully saturated rings. The minimum atomic E-state index is 0.0738. The summed E-state index contributed by atoms with van der Waals surface area (Å²) in [6.07, 6.45) is 4.27. The molecule has 0 spiro atoms. The molecule has 2 unspecified atom stereocenters. The lowest BCUT2D eigenvalue weighted by Gasteiger charge is -2.39. The monoisotopic (exact) mass is 224 g/mol. The minimum absolute atomic E-state index is 0.0738. The van der Waals surface area contributed by atoms with E-state index in [1.54, 1.807) is 0 Å². The SMILES string of the molecule is CC=C1C(=O)NCC(CC(C)CC)N1CC. The number of hydrogen-bond donors (Lipinski definition) is 1. The lowest BCUT2D eigenvalue weighted by atomic mass is 9.96. The Kier molecular flexibility index (Phi) is 4.84. The van der Waals surface area contributed by atoms with Gasteiger partial charge in [0.2, 0.25) is 0 Å². The van der Waals surface area contributed by atoms with Crippen molar-refractivity contribution in [2.24, 2.45) is 5.92 Å². The zero-order valence-corrected chi connectivity index (χ0v) is 10.9. The number of carbonyl (C=O) groups is 1. The number of carbonyl (C=O) groups excluding carboxylic acids is 1. The quantitative estimate of drug-likeness (QED) is 0.742. The Bertz CT molecular complexity index is 273. The van der Waals surface area contributed by atoms with Crippen molar-refractivity contribution in [3.05, 3.63) is 11.8 Å². The van der Waals surface area contributed by atoms with E-state index < -0.39 is 0 Å². The van der Waals surface area contributed by atoms with Gasteiger partial charge in [-0.2, -0.15) is 0 Å². The van der Waals surface area contributed by atoms with E-state index >= 15 is 0 Å². The average molecular weight is 224 g/mol. The third-order valence-corrected chi connectivity index (χ3v) is 3.47. The van der Waals surface area contributed by atoms with E-state index in [-0.39, 0.29) is 5.91 Å². The highest BCUT2D eigenvalue weighted by Gasteiger charge is 2.29. The largest absolute Gasteiger partial charge is 0.363 e. The number of nitrogens with one attached hydrogen (secondary N) is 1. The first kappa shape index (κ1) is 13.1. The van der Waals surface area contributed by atoms with Crippen LogP contribution in [0.4, 0.5) is 0 Å². The molecule has 2 atom stereocenters. The van der Waals surface area contributed by atoms with Crippen molar-refractivity contribution in [1.82, 2.24) is 10.2 Å². The van der Waals surface area contributed by atoms with E-state index in [0.29, 0.717) is 12.0 Å². The van der Waals surface area contributed by atoms with Gasteiger partial charge in [0.25, 0.3) is 5.91 Å². The maximum atomic E-state index is 11.7. The molecule has 1 aliphatic heterocycles. The fourth-order valence-electron chi connectivity index (χ4n) is 2.31. The Morgan fingerprint density at radius 2 is 2.25 bits per heavy atom. The third kappa shape index (κ3) is 2.77. The van der Waals surface area contributed by atoms with Crippen molar-refractivity contribution >= 4 is 5.91 Å². The van der Waals surface area contributed by atoms with Gasteiger partial charge in [-0.05, 0) is 26.2 Å². The highest BCUT2D eigenvalue weighted by Crippen LogP contribution is 2.21. The lowest BCUT2D eigenvalue weighted by molar-refractivity contribution is -0.121. The van der Waals surface area contributed by atoms with E-state index in [9.17, 15) is 4.79 Å². The van der Waals surface area contributed by atoms with E-state index in [2.05, 4.69) is 31.0 Å². The van der Waals surface area contributed by atoms with E-state index in [4.69, 9.17) is 0 Å². The molecule has 92 valence electrons. The highest BCUT2D eigenvalue weighted by atomic mass is 16.2. The number of allylic oxidation sites excluding steroid dienone is 1. The molecule has 1 aliphatic rings. The fourth-order valence-corrected chi connectivity index (χ4v) is 2.31. The number of rotatable bonds is 4. The van der Waals surface area contributed by atoms with Crippen molar-refractivity contribution in [3.8, 4) is 0 Å². The topological polar surface area (TPSA) is 32.3 Å². The number of hydrogen-bond acceptors (Lipinski definition) is 2. The van der Waals surface area contributed by atoms with Gasteiger partial charge in [0.05, 0.1) is 5.70 Å². The summed E-state index contributed by atoms with van der Waals surface area (Å²) < 4.78 is 0. The standard InChI is InChI=1S/C13H24N2O/c1-5-10(4)8-11-9-14-13(16)12(6-2)15(11)7-3/h6,10-11H,5,7-9H2,1-4H3,(H,14,16). The van der Waals surface area contributed by atoms with Gasteiger partial charge in [-0.15, -0.1) is 0 Å². The molecular weight excluding hydrogens is 200 g/mol. The van der Waals surface area contributed by atoms with Crippen LogP contribution in [0.25, 0.3) is 0 Å². The summed E-state index contributed by atoms with van der Waals surface area (Å²) in [6, 6.07) is 0.462. The summed E-state index contributed by atoms with van der Waals surface area (Å²) in [7, 11) is 0. The number of piperazine rings is 1. The number of likely N-dealkylation sites (N-methyl/N-ethyl adjacent to an activating group) is 1. The summed E-state index contributed by atoms with van der Waals surface area (Å²) in [5, 5.41) is 2.98. The first-order valence-electron chi connectivity index (χ1n) is 6.35. The van der Waals surface area contributed by atoms with Gasteiger partial charge in [-0.3, -0.25) is 4.79 Å². The second kappa shape index (κ2) is 5.92. The molecular formula is C13H24N2O. The van der Waals surface area contributed by atoms with Crippen LogP contribution in [0.1, 0.15) is 40.5 Å². The second-order valence-electron chi connectivity index (χ2n) is 4.57. The van der Waals surface area contributed by atoms with E-state index in [1.807, 2.05) is 13.0 Å². The van der Waals surface area contributed by atoms with Gasteiger partial charge in [-0.1, -0.05) is 26.3 Å². The number of nitrogens with zero attached hydrogens (tertiary/aromatic N) is 1. The molecule has 1 amide bonds. The van der Waals surface area contributed by atoms with E-state index in [0.717, 1.165) is 25.2 Å². The molecule has 0 aromatic rings. The Morgan fingerprint density at radius 3 is 2.75 bits per heavy atom. The Hall–Kier alpha value is -0.990. The van der Waals surface area contributed by atoms with Crippen molar-refractivity contribution in [2.45, 2.75) is 46.6 Å². The van der Waals surface area contributed by atoms with Gasteiger partial charge in [0, 0.05) is 19.1 Å². The Labute approximate surface area is 98.9 Å². The molecule has 1 saturated heterocycles. The zero-order chi connectivity index (χ0) is 12.1. The molecule has 3 nitrogen and oxygen atoms in total. The summed E-state index contributed by atoms with van der Waals surface area (Å²) in [5.74, 6) is 0.789. The predicted molar refractivity (Wildman–Crippen MR) is 67.0 cm³/mol. The van der Waals surface area contributed by atoms with Crippen LogP contribution in [0, 0.1) is 5.92 Å². The van der Waals surface area contributed by atoms with Crippen LogP contribution < -0.4 is 5.32 Å². The van der Waals surface area contributed by atoms with Crippen LogP contribution in [0.3, 0.4) is 0 Å². The summed E-state index contributed by atoms with van der Waals surface area (Å²) in [5.41, 5.74) is 0.835. The molecule has 1 heterocycles. The Balaban J connectivity index is 2.74. The molecule has 1 N–H and O–H groups in total. The molecule has 16 heavy (non-hydrogen) atoms. The van der Waals surface area contributed by atoms with Crippen molar-refractivity contribution in [1.29, 1.82) is 0 Å². The normalized spacial score (nSPS) is 25.8. The van der Waals surface area contributed by atoms with E-state index in [1.165, 1.54) is 6.42 Å². The van der Waals surface area contributed by atoms with Crippen LogP contribution in [0.15, 0.2) is 11.8 Å². The van der Waals surface area contributed by atoms with Gasteiger partial charge >= 0.3 is 0 Å². The zero-order valence-electron chi connectivity index (χ0n) is 10.9. The van der Waals surface area contributed by atoms with Gasteiger partial charge < -0.3 is 10.2 Å². The Morgan fingerprint density at radius 1 is 1.56 bits per heavy atom. The molecule has 0 aromatic carbocycles. The lowest BCUT2D eigenvalue weighted by Crippen LogP contribution is -2.52. The number of amides is 1. The maximum absolute atomic E-state index is 11.7. The summed E-state index contributed by atoms with van der Waals surface area (Å²) in [6.45, 7) is 10.2. The first-order valence-corrected chi connectivity index (χ1v) is 6.35. The van der Waals surface area contributed by atoms with Crippen molar-refractivity contribution in [3.63, 3.8) is 0 Å². The molecule has 3 heteroatoms. The van der Waals surface area contributed by atoms with Gasteiger partial charge in [0.1, 0.15) is 0 Å². The maximum Gasteiger partial charge on any atom is 0.267 e. The van der Waals surface area contributed by atoms with Gasteiger partial charge in [-0.25, -0.2) is 0 Å². The van der Waals surface area contributed by atoms with Crippen LogP contribution in [0.5, 0.6) is 0 Å². The summed E-state index contributed by atoms with van der Waals surface area (Å²) in [4.78, 5) is 13.9. The molecule has 0 bridgehead atoms. The van der Waals surface area contributed by atoms with Crippen LogP contribution >= 0.6 is 0 Å². The van der Waals surface area contributed by atoms with Crippen LogP contribution in [-0.2, 0) is 4.79 Å². The smallest absolute Gasteiger partial charge is 0.267 e. The minimum Gasteiger partial charge on any atom is -0.363 e. The average Bonchev–Trinajstić information content (AvgIpc) is 2.30. The first-order chi connectivity index (χ1) is 7.63. The predicted octanol–water partition coefficient (Wildman–Crippen LogP) is 2.15. The van der Waals surface area contributed by atoms with Crippen LogP contribution in [-0.4, -0.2) is 29.9 Å². The second-order valence-corrected chi connectivity index (χ2v) is 4.57. The van der Waals surface area contributed by atoms with Crippen molar-refractivity contribution in [2.75, 3.05) is 13.1 Å². The summed E-state index contributed by atoms with van der Waals surface area (Å²) >= 11 is 0.